The van der Waals surface area contributed by atoms with E-state index in [2.05, 4.69) is 47.7 Å². The molecule has 0 heterocycles. The van der Waals surface area contributed by atoms with Crippen molar-refractivity contribution in [3.05, 3.63) is 97.0 Å². The van der Waals surface area contributed by atoms with Crippen LogP contribution in [0, 0.1) is 0 Å². The lowest BCUT2D eigenvalue weighted by molar-refractivity contribution is -0.117. The molecule has 0 atom stereocenters. The molecule has 0 saturated carbocycles. The van der Waals surface area contributed by atoms with Crippen LogP contribution in [0.25, 0.3) is 6.08 Å². The molecule has 3 aromatic rings. The normalized spacial score (nSPS) is 11.3. The molecule has 0 spiro atoms. The first-order valence-electron chi connectivity index (χ1n) is 10.6. The van der Waals surface area contributed by atoms with Crippen LogP contribution in [-0.2, 0) is 4.79 Å². The largest absolute Gasteiger partial charge is 0.494 e. The Kier molecular flexibility index (Phi) is 9.69. The molecule has 186 valence electrons. The van der Waals surface area contributed by atoms with Crippen LogP contribution in [0.15, 0.2) is 80.4 Å². The number of nitrogens with one attached hydrogen (secondary N) is 2. The summed E-state index contributed by atoms with van der Waals surface area (Å²) >= 11 is 13.0. The van der Waals surface area contributed by atoms with Gasteiger partial charge in [-0.05, 0) is 85.5 Å². The van der Waals surface area contributed by atoms with E-state index in [4.69, 9.17) is 16.3 Å². The molecule has 7 nitrogen and oxygen atoms in total. The van der Waals surface area contributed by atoms with Gasteiger partial charge in [0.1, 0.15) is 11.4 Å². The van der Waals surface area contributed by atoms with Gasteiger partial charge in [-0.15, -0.1) is 0 Å². The fourth-order valence-corrected chi connectivity index (χ4v) is 4.87. The number of hydrogen-bond donors (Lipinski definition) is 2. The molecule has 3 rings (SSSR count). The lowest BCUT2D eigenvalue weighted by Gasteiger charge is -2.13. The summed E-state index contributed by atoms with van der Waals surface area (Å²) in [6.45, 7) is 0. The predicted molar refractivity (Wildman–Crippen MR) is 152 cm³/mol. The van der Waals surface area contributed by atoms with E-state index in [-0.39, 0.29) is 16.3 Å². The van der Waals surface area contributed by atoms with Gasteiger partial charge in [0.2, 0.25) is 0 Å². The van der Waals surface area contributed by atoms with E-state index in [9.17, 15) is 9.59 Å². The zero-order valence-corrected chi connectivity index (χ0v) is 23.6. The highest BCUT2D eigenvalue weighted by Gasteiger charge is 2.16. The van der Waals surface area contributed by atoms with Crippen LogP contribution in [0.2, 0.25) is 5.02 Å². The summed E-state index contributed by atoms with van der Waals surface area (Å²) in [6, 6.07) is 17.7. The Morgan fingerprint density at radius 1 is 1.00 bits per heavy atom. The Morgan fingerprint density at radius 2 is 1.64 bits per heavy atom. The van der Waals surface area contributed by atoms with Crippen molar-refractivity contribution in [1.29, 1.82) is 0 Å². The number of ether oxygens (including phenoxy) is 1. The van der Waals surface area contributed by atoms with Crippen LogP contribution in [-0.4, -0.2) is 39.2 Å². The number of hydrazone groups is 1. The summed E-state index contributed by atoms with van der Waals surface area (Å²) in [5, 5.41) is 6.97. The van der Waals surface area contributed by atoms with Crippen molar-refractivity contribution in [2.75, 3.05) is 26.1 Å². The minimum atomic E-state index is -0.602. The Hall–Kier alpha value is -3.14. The van der Waals surface area contributed by atoms with E-state index in [1.165, 1.54) is 6.21 Å². The molecule has 0 aliphatic carbocycles. The summed E-state index contributed by atoms with van der Waals surface area (Å²) < 4.78 is 6.74. The molecule has 0 aliphatic heterocycles. The Morgan fingerprint density at radius 3 is 2.22 bits per heavy atom. The molecule has 3 aromatic carbocycles. The van der Waals surface area contributed by atoms with Crippen molar-refractivity contribution >= 4 is 73.3 Å². The Bertz CT molecular complexity index is 1300. The van der Waals surface area contributed by atoms with Gasteiger partial charge < -0.3 is 15.0 Å². The van der Waals surface area contributed by atoms with Crippen LogP contribution in [0.3, 0.4) is 0 Å². The van der Waals surface area contributed by atoms with E-state index in [0.717, 1.165) is 20.2 Å². The van der Waals surface area contributed by atoms with Gasteiger partial charge in [0.15, 0.2) is 0 Å². The zero-order valence-electron chi connectivity index (χ0n) is 19.7. The third kappa shape index (κ3) is 7.19. The summed E-state index contributed by atoms with van der Waals surface area (Å²) in [4.78, 5) is 27.8. The number of rotatable bonds is 8. The summed E-state index contributed by atoms with van der Waals surface area (Å²) in [6.07, 6.45) is 3.05. The van der Waals surface area contributed by atoms with E-state index in [1.54, 1.807) is 49.6 Å². The highest BCUT2D eigenvalue weighted by Crippen LogP contribution is 2.33. The average Bonchev–Trinajstić information content (AvgIpc) is 2.84. The van der Waals surface area contributed by atoms with Gasteiger partial charge in [-0.2, -0.15) is 5.10 Å². The number of hydrogen-bond acceptors (Lipinski definition) is 5. The second-order valence-electron chi connectivity index (χ2n) is 7.69. The smallest absolute Gasteiger partial charge is 0.287 e. The minimum Gasteiger partial charge on any atom is -0.494 e. The summed E-state index contributed by atoms with van der Waals surface area (Å²) in [7, 11) is 5.44. The maximum absolute atomic E-state index is 13.0. The van der Waals surface area contributed by atoms with Crippen LogP contribution in [0.4, 0.5) is 5.69 Å². The van der Waals surface area contributed by atoms with Crippen molar-refractivity contribution < 1.29 is 14.3 Å². The van der Waals surface area contributed by atoms with Crippen molar-refractivity contribution in [3.63, 3.8) is 0 Å². The third-order valence-electron chi connectivity index (χ3n) is 4.94. The van der Waals surface area contributed by atoms with Crippen LogP contribution in [0.5, 0.6) is 5.75 Å². The van der Waals surface area contributed by atoms with E-state index >= 15 is 0 Å². The SMILES string of the molecule is COc1c(Br)cc(C=NNC(=O)/C(=C/c2ccc(N(C)C)cc2)NC(=O)c2ccccc2Cl)cc1Br. The Balaban J connectivity index is 1.85. The number of benzene rings is 3. The molecule has 0 unspecified atom stereocenters. The number of nitrogens with zero attached hydrogens (tertiary/aromatic N) is 2. The van der Waals surface area contributed by atoms with E-state index in [0.29, 0.717) is 11.3 Å². The van der Waals surface area contributed by atoms with Gasteiger partial charge in [0, 0.05) is 19.8 Å². The van der Waals surface area contributed by atoms with Gasteiger partial charge >= 0.3 is 0 Å². The average molecular weight is 635 g/mol. The van der Waals surface area contributed by atoms with Crippen molar-refractivity contribution in [1.82, 2.24) is 10.7 Å². The van der Waals surface area contributed by atoms with Gasteiger partial charge in [0.25, 0.3) is 11.8 Å². The lowest BCUT2D eigenvalue weighted by atomic mass is 10.1. The highest BCUT2D eigenvalue weighted by molar-refractivity contribution is 9.11. The number of carbonyl (C=O) groups excluding carboxylic acids is 2. The van der Waals surface area contributed by atoms with Crippen molar-refractivity contribution in [3.8, 4) is 5.75 Å². The van der Waals surface area contributed by atoms with Crippen LogP contribution >= 0.6 is 43.5 Å². The maximum Gasteiger partial charge on any atom is 0.287 e. The summed E-state index contributed by atoms with van der Waals surface area (Å²) in [5.74, 6) is -0.474. The minimum absolute atomic E-state index is 0.00626. The first kappa shape index (κ1) is 27.4. The molecule has 0 fully saturated rings. The zero-order chi connectivity index (χ0) is 26.2. The fourth-order valence-electron chi connectivity index (χ4n) is 3.10. The van der Waals surface area contributed by atoms with Crippen LogP contribution in [0.1, 0.15) is 21.5 Å². The maximum atomic E-state index is 13.0. The molecule has 0 radical (unpaired) electrons. The fraction of sp³-hybridized carbons (Fsp3) is 0.115. The number of methoxy groups -OCH3 is 1. The van der Waals surface area contributed by atoms with E-state index < -0.39 is 11.8 Å². The van der Waals surface area contributed by atoms with Gasteiger partial charge in [-0.1, -0.05) is 35.9 Å². The molecule has 0 aliphatic rings. The quantitative estimate of drug-likeness (QED) is 0.185. The molecule has 0 bridgehead atoms. The number of anilines is 1. The van der Waals surface area contributed by atoms with E-state index in [1.807, 2.05) is 43.3 Å². The van der Waals surface area contributed by atoms with Crippen molar-refractivity contribution in [2.24, 2.45) is 5.10 Å². The molecule has 0 aromatic heterocycles. The van der Waals surface area contributed by atoms with Crippen molar-refractivity contribution in [2.45, 2.75) is 0 Å². The van der Waals surface area contributed by atoms with Crippen LogP contribution < -0.4 is 20.4 Å². The highest BCUT2D eigenvalue weighted by atomic mass is 79.9. The van der Waals surface area contributed by atoms with Gasteiger partial charge in [-0.25, -0.2) is 5.43 Å². The summed E-state index contributed by atoms with van der Waals surface area (Å²) in [5.41, 5.74) is 5.15. The third-order valence-corrected chi connectivity index (χ3v) is 6.44. The first-order valence-corrected chi connectivity index (χ1v) is 12.6. The molecule has 36 heavy (non-hydrogen) atoms. The predicted octanol–water partition coefficient (Wildman–Crippen LogP) is 5.86. The lowest BCUT2D eigenvalue weighted by Crippen LogP contribution is -2.33. The molecular weight excluding hydrogens is 612 g/mol. The number of halogens is 3. The number of carbonyl (C=O) groups is 2. The van der Waals surface area contributed by atoms with Gasteiger partial charge in [-0.3, -0.25) is 9.59 Å². The monoisotopic (exact) mass is 632 g/mol. The second kappa shape index (κ2) is 12.7. The standard InChI is InChI=1S/C26H23Br2ClN4O3/c1-33(2)18-10-8-16(9-11-18)14-23(31-25(34)19-6-4-5-7-22(19)29)26(35)32-30-15-17-12-20(27)24(36-3)21(28)13-17/h4-15H,1-3H3,(H,31,34)(H,32,35)/b23-14-,30-15?. The molecule has 0 saturated heterocycles. The Labute approximate surface area is 231 Å². The molecular formula is C26H23Br2ClN4O3. The molecule has 2 amide bonds. The molecule has 2 N–H and O–H groups in total. The first-order chi connectivity index (χ1) is 17.2. The van der Waals surface area contributed by atoms with Gasteiger partial charge in [0.05, 0.1) is 32.9 Å². The second-order valence-corrected chi connectivity index (χ2v) is 9.81. The molecule has 10 heteroatoms. The topological polar surface area (TPSA) is 83.0 Å². The number of amides is 2.